The maximum absolute atomic E-state index is 12.5. The highest BCUT2D eigenvalue weighted by Gasteiger charge is 2.23. The van der Waals surface area contributed by atoms with Gasteiger partial charge in [-0.2, -0.15) is 5.26 Å². The number of nitrogens with one attached hydrogen (secondary N) is 1. The zero-order chi connectivity index (χ0) is 19.1. The van der Waals surface area contributed by atoms with E-state index in [1.54, 1.807) is 31.4 Å². The molecule has 140 valence electrons. The number of carbonyl (C=O) groups is 1. The highest BCUT2D eigenvalue weighted by atomic mass is 16.5. The van der Waals surface area contributed by atoms with Crippen molar-refractivity contribution in [2.75, 3.05) is 40.0 Å². The molecule has 1 N–H and O–H groups in total. The number of amides is 1. The van der Waals surface area contributed by atoms with Crippen molar-refractivity contribution in [1.82, 2.24) is 10.2 Å². The van der Waals surface area contributed by atoms with Crippen LogP contribution in [-0.4, -0.2) is 50.8 Å². The summed E-state index contributed by atoms with van der Waals surface area (Å²) in [5.41, 5.74) is 2.21. The predicted molar refractivity (Wildman–Crippen MR) is 102 cm³/mol. The number of rotatable bonds is 6. The van der Waals surface area contributed by atoms with Crippen molar-refractivity contribution in [2.45, 2.75) is 6.04 Å². The molecule has 0 aromatic heterocycles. The molecule has 0 bridgehead atoms. The van der Waals surface area contributed by atoms with Gasteiger partial charge < -0.3 is 14.8 Å². The third kappa shape index (κ3) is 4.85. The van der Waals surface area contributed by atoms with Gasteiger partial charge >= 0.3 is 0 Å². The van der Waals surface area contributed by atoms with Gasteiger partial charge in [0, 0.05) is 25.2 Å². The van der Waals surface area contributed by atoms with Gasteiger partial charge in [0.2, 0.25) is 0 Å². The van der Waals surface area contributed by atoms with E-state index in [1.807, 2.05) is 24.3 Å². The Balaban J connectivity index is 1.71. The monoisotopic (exact) mass is 365 g/mol. The van der Waals surface area contributed by atoms with Crippen LogP contribution in [0.25, 0.3) is 0 Å². The van der Waals surface area contributed by atoms with E-state index in [9.17, 15) is 4.79 Å². The first kappa shape index (κ1) is 18.9. The van der Waals surface area contributed by atoms with Crippen LogP contribution in [0.3, 0.4) is 0 Å². The van der Waals surface area contributed by atoms with Crippen molar-refractivity contribution < 1.29 is 14.3 Å². The molecule has 0 spiro atoms. The van der Waals surface area contributed by atoms with Crippen molar-refractivity contribution in [2.24, 2.45) is 0 Å². The van der Waals surface area contributed by atoms with Crippen LogP contribution in [-0.2, 0) is 4.74 Å². The lowest BCUT2D eigenvalue weighted by Crippen LogP contribution is -2.43. The molecule has 1 saturated heterocycles. The minimum absolute atomic E-state index is 0.0575. The molecule has 0 aliphatic carbocycles. The van der Waals surface area contributed by atoms with Crippen molar-refractivity contribution >= 4 is 5.91 Å². The molecule has 1 amide bonds. The zero-order valence-corrected chi connectivity index (χ0v) is 15.4. The van der Waals surface area contributed by atoms with E-state index in [-0.39, 0.29) is 11.9 Å². The maximum atomic E-state index is 12.5. The quantitative estimate of drug-likeness (QED) is 0.851. The Morgan fingerprint density at radius 1 is 1.19 bits per heavy atom. The summed E-state index contributed by atoms with van der Waals surface area (Å²) in [6.45, 7) is 3.52. The van der Waals surface area contributed by atoms with Gasteiger partial charge in [0.1, 0.15) is 5.75 Å². The molecule has 2 aromatic rings. The van der Waals surface area contributed by atoms with Crippen LogP contribution in [0.1, 0.15) is 27.5 Å². The number of benzene rings is 2. The maximum Gasteiger partial charge on any atom is 0.251 e. The van der Waals surface area contributed by atoms with E-state index in [0.29, 0.717) is 30.9 Å². The summed E-state index contributed by atoms with van der Waals surface area (Å²) >= 11 is 0. The lowest BCUT2D eigenvalue weighted by atomic mass is 10.0. The van der Waals surface area contributed by atoms with E-state index in [4.69, 9.17) is 14.7 Å². The molecule has 0 saturated carbocycles. The molecule has 3 rings (SSSR count). The largest absolute Gasteiger partial charge is 0.497 e. The van der Waals surface area contributed by atoms with E-state index in [2.05, 4.69) is 16.3 Å². The van der Waals surface area contributed by atoms with Gasteiger partial charge in [0.05, 0.1) is 38.0 Å². The number of nitrogens with zero attached hydrogens (tertiary/aromatic N) is 2. The van der Waals surface area contributed by atoms with Crippen LogP contribution in [0.5, 0.6) is 5.75 Å². The average Bonchev–Trinajstić information content (AvgIpc) is 2.75. The summed E-state index contributed by atoms with van der Waals surface area (Å²) in [5.74, 6) is 0.660. The Kier molecular flexibility index (Phi) is 6.42. The van der Waals surface area contributed by atoms with Gasteiger partial charge in [0.15, 0.2) is 0 Å². The van der Waals surface area contributed by atoms with Gasteiger partial charge in [-0.1, -0.05) is 12.1 Å². The molecule has 1 fully saturated rings. The topological polar surface area (TPSA) is 74.6 Å². The van der Waals surface area contributed by atoms with Crippen molar-refractivity contribution in [3.63, 3.8) is 0 Å². The Bertz CT molecular complexity index is 791. The first-order valence-electron chi connectivity index (χ1n) is 8.95. The predicted octanol–water partition coefficient (Wildman–Crippen LogP) is 2.37. The second-order valence-corrected chi connectivity index (χ2v) is 6.34. The second-order valence-electron chi connectivity index (χ2n) is 6.34. The number of nitriles is 1. The first-order valence-corrected chi connectivity index (χ1v) is 8.95. The number of ether oxygens (including phenoxy) is 2. The Morgan fingerprint density at radius 3 is 2.44 bits per heavy atom. The highest BCUT2D eigenvalue weighted by Crippen LogP contribution is 2.23. The number of hydrogen-bond acceptors (Lipinski definition) is 5. The average molecular weight is 365 g/mol. The molecule has 1 aliphatic rings. The lowest BCUT2D eigenvalue weighted by molar-refractivity contribution is 0.0162. The van der Waals surface area contributed by atoms with E-state index in [0.717, 1.165) is 24.4 Å². The van der Waals surface area contributed by atoms with Crippen LogP contribution in [0.4, 0.5) is 0 Å². The fraction of sp³-hybridized carbons (Fsp3) is 0.333. The third-order valence-electron chi connectivity index (χ3n) is 4.72. The zero-order valence-electron chi connectivity index (χ0n) is 15.4. The summed E-state index contributed by atoms with van der Waals surface area (Å²) in [5, 5.41) is 11.9. The fourth-order valence-electron chi connectivity index (χ4n) is 3.16. The molecular formula is C21H23N3O3. The summed E-state index contributed by atoms with van der Waals surface area (Å²) in [7, 11) is 1.65. The Morgan fingerprint density at radius 2 is 1.85 bits per heavy atom. The molecule has 6 nitrogen and oxygen atoms in total. The van der Waals surface area contributed by atoms with Gasteiger partial charge in [-0.25, -0.2) is 0 Å². The standard InChI is InChI=1S/C21H23N3O3/c1-26-19-8-6-17(7-9-19)20(24-10-12-27-13-11-24)15-23-21(25)18-4-2-16(14-22)3-5-18/h2-9,20H,10-13,15H2,1H3,(H,23,25). The molecule has 1 atom stereocenters. The van der Waals surface area contributed by atoms with Crippen molar-refractivity contribution in [1.29, 1.82) is 5.26 Å². The minimum atomic E-state index is -0.147. The molecule has 27 heavy (non-hydrogen) atoms. The van der Waals surface area contributed by atoms with Crippen LogP contribution in [0.15, 0.2) is 48.5 Å². The lowest BCUT2D eigenvalue weighted by Gasteiger charge is -2.35. The molecule has 1 heterocycles. The summed E-state index contributed by atoms with van der Waals surface area (Å²) < 4.78 is 10.7. The molecule has 6 heteroatoms. The molecular weight excluding hydrogens is 342 g/mol. The normalized spacial score (nSPS) is 15.6. The number of methoxy groups -OCH3 is 1. The van der Waals surface area contributed by atoms with Crippen molar-refractivity contribution in [3.8, 4) is 11.8 Å². The molecule has 2 aromatic carbocycles. The van der Waals surface area contributed by atoms with Gasteiger partial charge in [-0.15, -0.1) is 0 Å². The summed E-state index contributed by atoms with van der Waals surface area (Å²) in [6.07, 6.45) is 0. The molecule has 0 radical (unpaired) electrons. The SMILES string of the molecule is COc1ccc(C(CNC(=O)c2ccc(C#N)cc2)N2CCOCC2)cc1. The van der Waals surface area contributed by atoms with Gasteiger partial charge in [0.25, 0.3) is 5.91 Å². The van der Waals surface area contributed by atoms with Crippen LogP contribution in [0, 0.1) is 11.3 Å². The number of morpholine rings is 1. The van der Waals surface area contributed by atoms with Crippen LogP contribution >= 0.6 is 0 Å². The minimum Gasteiger partial charge on any atom is -0.497 e. The van der Waals surface area contributed by atoms with E-state index in [1.165, 1.54) is 0 Å². The second kappa shape index (κ2) is 9.17. The van der Waals surface area contributed by atoms with Gasteiger partial charge in [-0.05, 0) is 42.0 Å². The van der Waals surface area contributed by atoms with Gasteiger partial charge in [-0.3, -0.25) is 9.69 Å². The van der Waals surface area contributed by atoms with E-state index < -0.39 is 0 Å². The molecule has 1 aliphatic heterocycles. The fourth-order valence-corrected chi connectivity index (χ4v) is 3.16. The van der Waals surface area contributed by atoms with Crippen LogP contribution in [0.2, 0.25) is 0 Å². The molecule has 1 unspecified atom stereocenters. The summed E-state index contributed by atoms with van der Waals surface area (Å²) in [6, 6.07) is 16.7. The van der Waals surface area contributed by atoms with Crippen LogP contribution < -0.4 is 10.1 Å². The Labute approximate surface area is 159 Å². The first-order chi connectivity index (χ1) is 13.2. The highest BCUT2D eigenvalue weighted by molar-refractivity contribution is 5.94. The third-order valence-corrected chi connectivity index (χ3v) is 4.72. The van der Waals surface area contributed by atoms with E-state index >= 15 is 0 Å². The number of carbonyl (C=O) groups excluding carboxylic acids is 1. The number of hydrogen-bond donors (Lipinski definition) is 1. The summed E-state index contributed by atoms with van der Waals surface area (Å²) in [4.78, 5) is 14.8. The Hall–Kier alpha value is -2.88. The van der Waals surface area contributed by atoms with Crippen molar-refractivity contribution in [3.05, 3.63) is 65.2 Å². The smallest absolute Gasteiger partial charge is 0.251 e.